The van der Waals surface area contributed by atoms with Crippen molar-refractivity contribution >= 4 is 11.7 Å². The van der Waals surface area contributed by atoms with Gasteiger partial charge >= 0.3 is 0 Å². The first-order valence-corrected chi connectivity index (χ1v) is 9.24. The lowest BCUT2D eigenvalue weighted by molar-refractivity contribution is 0.0954. The summed E-state index contributed by atoms with van der Waals surface area (Å²) in [5.41, 5.74) is 2.42. The van der Waals surface area contributed by atoms with Crippen molar-refractivity contribution in [2.45, 2.75) is 19.3 Å². The number of hydrogen-bond donors (Lipinski definition) is 1. The molecule has 1 aliphatic heterocycles. The van der Waals surface area contributed by atoms with E-state index in [1.807, 2.05) is 36.5 Å². The van der Waals surface area contributed by atoms with E-state index in [1.165, 1.54) is 12.8 Å². The SMILES string of the molecule is O=C(NCCc1cc(N2CCCC2)ncn1)c1cccc(-n2cccn2)c1. The highest BCUT2D eigenvalue weighted by Crippen LogP contribution is 2.17. The molecule has 1 aromatic carbocycles. The van der Waals surface area contributed by atoms with Crippen LogP contribution in [-0.4, -0.2) is 45.3 Å². The molecule has 0 radical (unpaired) electrons. The van der Waals surface area contributed by atoms with Crippen molar-refractivity contribution < 1.29 is 4.79 Å². The minimum Gasteiger partial charge on any atom is -0.357 e. The number of rotatable bonds is 6. The molecule has 0 spiro atoms. The maximum atomic E-state index is 12.5. The van der Waals surface area contributed by atoms with Gasteiger partial charge in [0, 0.05) is 55.8 Å². The second-order valence-electron chi connectivity index (χ2n) is 6.57. The van der Waals surface area contributed by atoms with Crippen LogP contribution in [-0.2, 0) is 6.42 Å². The monoisotopic (exact) mass is 362 g/mol. The van der Waals surface area contributed by atoms with E-state index in [-0.39, 0.29) is 5.91 Å². The normalized spacial score (nSPS) is 13.7. The summed E-state index contributed by atoms with van der Waals surface area (Å²) in [6, 6.07) is 11.3. The molecule has 1 saturated heterocycles. The van der Waals surface area contributed by atoms with E-state index in [2.05, 4.69) is 25.3 Å². The van der Waals surface area contributed by atoms with Crippen LogP contribution in [0.1, 0.15) is 28.9 Å². The van der Waals surface area contributed by atoms with Gasteiger partial charge in [0.2, 0.25) is 0 Å². The third kappa shape index (κ3) is 4.13. The van der Waals surface area contributed by atoms with Gasteiger partial charge in [-0.05, 0) is 37.1 Å². The Labute approximate surface area is 158 Å². The van der Waals surface area contributed by atoms with Gasteiger partial charge < -0.3 is 10.2 Å². The highest BCUT2D eigenvalue weighted by Gasteiger charge is 2.14. The lowest BCUT2D eigenvalue weighted by Crippen LogP contribution is -2.26. The van der Waals surface area contributed by atoms with Gasteiger partial charge in [0.1, 0.15) is 12.1 Å². The Morgan fingerprint density at radius 3 is 2.81 bits per heavy atom. The molecule has 1 amide bonds. The van der Waals surface area contributed by atoms with Gasteiger partial charge in [-0.15, -0.1) is 0 Å². The first-order valence-electron chi connectivity index (χ1n) is 9.24. The number of carbonyl (C=O) groups excluding carboxylic acids is 1. The molecule has 0 atom stereocenters. The molecule has 0 saturated carbocycles. The molecule has 7 heteroatoms. The number of benzene rings is 1. The zero-order chi connectivity index (χ0) is 18.5. The van der Waals surface area contributed by atoms with Crippen molar-refractivity contribution in [1.82, 2.24) is 25.1 Å². The van der Waals surface area contributed by atoms with Crippen molar-refractivity contribution in [1.29, 1.82) is 0 Å². The molecule has 1 N–H and O–H groups in total. The lowest BCUT2D eigenvalue weighted by atomic mass is 10.2. The van der Waals surface area contributed by atoms with Gasteiger partial charge in [-0.2, -0.15) is 5.10 Å². The van der Waals surface area contributed by atoms with Crippen LogP contribution in [0.4, 0.5) is 5.82 Å². The molecule has 3 aromatic rings. The average molecular weight is 362 g/mol. The maximum Gasteiger partial charge on any atom is 0.251 e. The summed E-state index contributed by atoms with van der Waals surface area (Å²) in [7, 11) is 0. The van der Waals surface area contributed by atoms with Crippen LogP contribution < -0.4 is 10.2 Å². The van der Waals surface area contributed by atoms with Gasteiger partial charge in [0.25, 0.3) is 5.91 Å². The van der Waals surface area contributed by atoms with E-state index in [0.29, 0.717) is 18.5 Å². The van der Waals surface area contributed by atoms with E-state index in [1.54, 1.807) is 23.3 Å². The van der Waals surface area contributed by atoms with Crippen molar-refractivity contribution in [3.8, 4) is 5.69 Å². The zero-order valence-corrected chi connectivity index (χ0v) is 15.1. The quantitative estimate of drug-likeness (QED) is 0.728. The molecule has 0 unspecified atom stereocenters. The fourth-order valence-corrected chi connectivity index (χ4v) is 3.26. The van der Waals surface area contributed by atoms with Crippen molar-refractivity contribution in [3.05, 3.63) is 66.4 Å². The number of nitrogens with zero attached hydrogens (tertiary/aromatic N) is 5. The fraction of sp³-hybridized carbons (Fsp3) is 0.300. The molecular formula is C20H22N6O. The van der Waals surface area contributed by atoms with Crippen LogP contribution in [0.3, 0.4) is 0 Å². The summed E-state index contributed by atoms with van der Waals surface area (Å²) >= 11 is 0. The third-order valence-electron chi connectivity index (χ3n) is 4.68. The molecule has 1 aliphatic rings. The highest BCUT2D eigenvalue weighted by molar-refractivity contribution is 5.94. The lowest BCUT2D eigenvalue weighted by Gasteiger charge is -2.16. The Hall–Kier alpha value is -3.22. The molecule has 7 nitrogen and oxygen atoms in total. The summed E-state index contributed by atoms with van der Waals surface area (Å²) in [4.78, 5) is 23.4. The molecule has 27 heavy (non-hydrogen) atoms. The second-order valence-corrected chi connectivity index (χ2v) is 6.57. The number of aromatic nitrogens is 4. The van der Waals surface area contributed by atoms with Crippen molar-refractivity contribution in [2.24, 2.45) is 0 Å². The summed E-state index contributed by atoms with van der Waals surface area (Å²) in [5, 5.41) is 7.16. The minimum atomic E-state index is -0.0992. The van der Waals surface area contributed by atoms with Crippen LogP contribution in [0.2, 0.25) is 0 Å². The molecule has 138 valence electrons. The largest absolute Gasteiger partial charge is 0.357 e. The number of hydrogen-bond acceptors (Lipinski definition) is 5. The van der Waals surface area contributed by atoms with Gasteiger partial charge in [-0.25, -0.2) is 14.6 Å². The topological polar surface area (TPSA) is 75.9 Å². The number of anilines is 1. The van der Waals surface area contributed by atoms with Crippen molar-refractivity contribution in [2.75, 3.05) is 24.5 Å². The van der Waals surface area contributed by atoms with E-state index in [0.717, 1.165) is 30.3 Å². The first-order chi connectivity index (χ1) is 13.3. The van der Waals surface area contributed by atoms with E-state index in [4.69, 9.17) is 0 Å². The Morgan fingerprint density at radius 1 is 1.11 bits per heavy atom. The molecule has 1 fully saturated rings. The predicted molar refractivity (Wildman–Crippen MR) is 103 cm³/mol. The number of nitrogens with one attached hydrogen (secondary N) is 1. The Morgan fingerprint density at radius 2 is 2.00 bits per heavy atom. The summed E-state index contributed by atoms with van der Waals surface area (Å²) in [5.74, 6) is 0.883. The number of carbonyl (C=O) groups is 1. The van der Waals surface area contributed by atoms with E-state index in [9.17, 15) is 4.79 Å². The fourth-order valence-electron chi connectivity index (χ4n) is 3.26. The third-order valence-corrected chi connectivity index (χ3v) is 4.68. The van der Waals surface area contributed by atoms with Crippen LogP contribution in [0.25, 0.3) is 5.69 Å². The molecular weight excluding hydrogens is 340 g/mol. The van der Waals surface area contributed by atoms with Crippen LogP contribution in [0, 0.1) is 0 Å². The first kappa shape index (κ1) is 17.2. The Kier molecular flexibility index (Phi) is 5.09. The van der Waals surface area contributed by atoms with Gasteiger partial charge in [0.15, 0.2) is 0 Å². The van der Waals surface area contributed by atoms with E-state index >= 15 is 0 Å². The van der Waals surface area contributed by atoms with Crippen LogP contribution >= 0.6 is 0 Å². The molecule has 0 bridgehead atoms. The highest BCUT2D eigenvalue weighted by atomic mass is 16.1. The molecule has 0 aliphatic carbocycles. The zero-order valence-electron chi connectivity index (χ0n) is 15.1. The van der Waals surface area contributed by atoms with Crippen LogP contribution in [0.5, 0.6) is 0 Å². The standard InChI is InChI=1S/C20H22N6O/c27-20(16-5-3-6-18(13-16)26-12-4-8-24-26)21-9-7-17-14-19(23-15-22-17)25-10-1-2-11-25/h3-6,8,12-15H,1-2,7,9-11H2,(H,21,27). The molecule has 2 aromatic heterocycles. The predicted octanol–water partition coefficient (Wildman–Crippen LogP) is 2.24. The second kappa shape index (κ2) is 7.99. The van der Waals surface area contributed by atoms with Crippen LogP contribution in [0.15, 0.2) is 55.1 Å². The number of amides is 1. The Bertz CT molecular complexity index is 902. The minimum absolute atomic E-state index is 0.0992. The van der Waals surface area contributed by atoms with Gasteiger partial charge in [0.05, 0.1) is 5.69 Å². The van der Waals surface area contributed by atoms with Gasteiger partial charge in [-0.1, -0.05) is 6.07 Å². The van der Waals surface area contributed by atoms with Gasteiger partial charge in [-0.3, -0.25) is 4.79 Å². The maximum absolute atomic E-state index is 12.5. The average Bonchev–Trinajstić information content (AvgIpc) is 3.42. The summed E-state index contributed by atoms with van der Waals surface area (Å²) in [6.07, 6.45) is 8.28. The molecule has 4 rings (SSSR count). The van der Waals surface area contributed by atoms with Crippen molar-refractivity contribution in [3.63, 3.8) is 0 Å². The summed E-state index contributed by atoms with van der Waals surface area (Å²) in [6.45, 7) is 2.64. The summed E-state index contributed by atoms with van der Waals surface area (Å²) < 4.78 is 1.73. The van der Waals surface area contributed by atoms with E-state index < -0.39 is 0 Å². The Balaban J connectivity index is 1.35. The molecule has 3 heterocycles. The smallest absolute Gasteiger partial charge is 0.251 e.